The number of nitrogens with zero attached hydrogens (tertiary/aromatic N) is 3. The van der Waals surface area contributed by atoms with Crippen molar-refractivity contribution in [2.75, 3.05) is 0 Å². The van der Waals surface area contributed by atoms with E-state index in [2.05, 4.69) is 21.2 Å². The predicted molar refractivity (Wildman–Crippen MR) is 86.2 cm³/mol. The average molecular weight is 325 g/mol. The molecule has 0 aliphatic carbocycles. The number of hydrogen-bond donors (Lipinski definition) is 3. The number of rotatable bonds is 3. The van der Waals surface area contributed by atoms with E-state index in [4.69, 9.17) is 0 Å². The number of amides is 2. The smallest absolute Gasteiger partial charge is 0.273 e. The molecule has 8 nitrogen and oxygen atoms in total. The van der Waals surface area contributed by atoms with Gasteiger partial charge in [0.2, 0.25) is 0 Å². The van der Waals surface area contributed by atoms with Crippen molar-refractivity contribution in [1.82, 2.24) is 25.8 Å². The molecule has 0 aliphatic heterocycles. The fourth-order valence-electron chi connectivity index (χ4n) is 2.27. The van der Waals surface area contributed by atoms with Gasteiger partial charge in [-0.2, -0.15) is 0 Å². The first kappa shape index (κ1) is 15.5. The lowest BCUT2D eigenvalue weighted by molar-refractivity contribution is 0.0845. The van der Waals surface area contributed by atoms with E-state index in [0.717, 1.165) is 5.52 Å². The first-order valence-corrected chi connectivity index (χ1v) is 7.32. The molecule has 122 valence electrons. The van der Waals surface area contributed by atoms with Crippen LogP contribution in [0.4, 0.5) is 0 Å². The number of hydrazine groups is 1. The number of phenolic OH excluding ortho intramolecular Hbond substituents is 1. The third kappa shape index (κ3) is 2.89. The summed E-state index contributed by atoms with van der Waals surface area (Å²) in [6.07, 6.45) is 0. The molecule has 2 amide bonds. The predicted octanol–water partition coefficient (Wildman–Crippen LogP) is 1.23. The SMILES string of the molecule is CCn1nnc2cc(C(=O)NNC(=O)c3ccccc3O)ccc21. The molecule has 3 aromatic rings. The van der Waals surface area contributed by atoms with Gasteiger partial charge in [-0.25, -0.2) is 4.68 Å². The van der Waals surface area contributed by atoms with Crippen molar-refractivity contribution >= 4 is 22.8 Å². The monoisotopic (exact) mass is 325 g/mol. The molecule has 0 atom stereocenters. The summed E-state index contributed by atoms with van der Waals surface area (Å²) in [5.41, 5.74) is 6.39. The summed E-state index contributed by atoms with van der Waals surface area (Å²) in [4.78, 5) is 24.1. The molecule has 2 aromatic carbocycles. The number of aryl methyl sites for hydroxylation is 1. The van der Waals surface area contributed by atoms with Gasteiger partial charge in [0.1, 0.15) is 11.3 Å². The van der Waals surface area contributed by atoms with Gasteiger partial charge in [0.05, 0.1) is 11.1 Å². The van der Waals surface area contributed by atoms with E-state index >= 15 is 0 Å². The number of carbonyl (C=O) groups is 2. The fraction of sp³-hybridized carbons (Fsp3) is 0.125. The zero-order valence-electron chi connectivity index (χ0n) is 12.9. The zero-order chi connectivity index (χ0) is 17.1. The van der Waals surface area contributed by atoms with Crippen LogP contribution in [-0.4, -0.2) is 31.9 Å². The summed E-state index contributed by atoms with van der Waals surface area (Å²) in [6.45, 7) is 2.63. The van der Waals surface area contributed by atoms with Crippen LogP contribution in [0.1, 0.15) is 27.6 Å². The van der Waals surface area contributed by atoms with Crippen LogP contribution in [0.5, 0.6) is 5.75 Å². The molecule has 0 saturated carbocycles. The molecule has 0 bridgehead atoms. The Hall–Kier alpha value is -3.42. The van der Waals surface area contributed by atoms with Crippen molar-refractivity contribution in [3.63, 3.8) is 0 Å². The Balaban J connectivity index is 1.71. The molecule has 0 spiro atoms. The summed E-state index contributed by atoms with van der Waals surface area (Å²) in [5, 5.41) is 17.6. The van der Waals surface area contributed by atoms with Gasteiger partial charge in [-0.15, -0.1) is 5.10 Å². The van der Waals surface area contributed by atoms with E-state index in [1.54, 1.807) is 35.0 Å². The highest BCUT2D eigenvalue weighted by atomic mass is 16.3. The molecular weight excluding hydrogens is 310 g/mol. The number of nitrogens with one attached hydrogen (secondary N) is 2. The second-order valence-electron chi connectivity index (χ2n) is 5.03. The molecule has 24 heavy (non-hydrogen) atoms. The summed E-state index contributed by atoms with van der Waals surface area (Å²) >= 11 is 0. The fourth-order valence-corrected chi connectivity index (χ4v) is 2.27. The standard InChI is InChI=1S/C16H15N5O3/c1-2-21-13-8-7-10(9-12(13)17-20-21)15(23)18-19-16(24)11-5-3-4-6-14(11)22/h3-9,22H,2H2,1H3,(H,18,23)(H,19,24). The van der Waals surface area contributed by atoms with Crippen LogP contribution in [0.15, 0.2) is 42.5 Å². The Labute approximate surface area is 137 Å². The highest BCUT2D eigenvalue weighted by Crippen LogP contribution is 2.15. The van der Waals surface area contributed by atoms with Gasteiger partial charge in [0, 0.05) is 12.1 Å². The first-order valence-electron chi connectivity index (χ1n) is 7.32. The van der Waals surface area contributed by atoms with Gasteiger partial charge in [0.25, 0.3) is 11.8 Å². The average Bonchev–Trinajstić information content (AvgIpc) is 3.02. The highest BCUT2D eigenvalue weighted by Gasteiger charge is 2.13. The summed E-state index contributed by atoms with van der Waals surface area (Å²) < 4.78 is 1.72. The molecular formula is C16H15N5O3. The van der Waals surface area contributed by atoms with Crippen molar-refractivity contribution in [2.24, 2.45) is 0 Å². The third-order valence-corrected chi connectivity index (χ3v) is 3.51. The van der Waals surface area contributed by atoms with Crippen LogP contribution >= 0.6 is 0 Å². The van der Waals surface area contributed by atoms with Gasteiger partial charge in [0.15, 0.2) is 0 Å². The van der Waals surface area contributed by atoms with Crippen molar-refractivity contribution in [2.45, 2.75) is 13.5 Å². The van der Waals surface area contributed by atoms with Gasteiger partial charge in [-0.1, -0.05) is 17.3 Å². The maximum atomic E-state index is 12.1. The van der Waals surface area contributed by atoms with Crippen LogP contribution in [-0.2, 0) is 6.54 Å². The molecule has 0 radical (unpaired) electrons. The molecule has 0 unspecified atom stereocenters. The van der Waals surface area contributed by atoms with E-state index in [-0.39, 0.29) is 11.3 Å². The largest absolute Gasteiger partial charge is 0.507 e. The minimum Gasteiger partial charge on any atom is -0.507 e. The lowest BCUT2D eigenvalue weighted by Crippen LogP contribution is -2.41. The minimum absolute atomic E-state index is 0.0686. The second kappa shape index (κ2) is 6.37. The number of fused-ring (bicyclic) bond motifs is 1. The summed E-state index contributed by atoms with van der Waals surface area (Å²) in [6, 6.07) is 11.0. The van der Waals surface area contributed by atoms with Crippen LogP contribution in [0.3, 0.4) is 0 Å². The van der Waals surface area contributed by atoms with E-state index < -0.39 is 11.8 Å². The van der Waals surface area contributed by atoms with Gasteiger partial charge in [-0.05, 0) is 37.3 Å². The van der Waals surface area contributed by atoms with Gasteiger partial charge in [-0.3, -0.25) is 20.4 Å². The van der Waals surface area contributed by atoms with Crippen molar-refractivity contribution in [3.8, 4) is 5.75 Å². The third-order valence-electron chi connectivity index (χ3n) is 3.51. The van der Waals surface area contributed by atoms with Crippen LogP contribution in [0, 0.1) is 0 Å². The zero-order valence-corrected chi connectivity index (χ0v) is 12.9. The number of aromatic nitrogens is 3. The topological polar surface area (TPSA) is 109 Å². The molecule has 1 heterocycles. The Morgan fingerprint density at radius 2 is 1.88 bits per heavy atom. The number of aromatic hydroxyl groups is 1. The number of benzene rings is 2. The van der Waals surface area contributed by atoms with E-state index in [0.29, 0.717) is 17.6 Å². The molecule has 0 aliphatic rings. The van der Waals surface area contributed by atoms with Gasteiger partial charge >= 0.3 is 0 Å². The van der Waals surface area contributed by atoms with Crippen molar-refractivity contribution in [1.29, 1.82) is 0 Å². The Kier molecular flexibility index (Phi) is 4.11. The first-order chi connectivity index (χ1) is 11.6. The van der Waals surface area contributed by atoms with Gasteiger partial charge < -0.3 is 5.11 Å². The van der Waals surface area contributed by atoms with Crippen molar-refractivity contribution in [3.05, 3.63) is 53.6 Å². The Morgan fingerprint density at radius 3 is 2.62 bits per heavy atom. The molecule has 8 heteroatoms. The summed E-state index contributed by atoms with van der Waals surface area (Å²) in [7, 11) is 0. The normalized spacial score (nSPS) is 10.5. The lowest BCUT2D eigenvalue weighted by atomic mass is 10.2. The van der Waals surface area contributed by atoms with Crippen LogP contribution < -0.4 is 10.9 Å². The minimum atomic E-state index is -0.612. The molecule has 1 aromatic heterocycles. The molecule has 0 fully saturated rings. The summed E-state index contributed by atoms with van der Waals surface area (Å²) in [5.74, 6) is -1.27. The number of carbonyl (C=O) groups excluding carboxylic acids is 2. The Morgan fingerprint density at radius 1 is 1.12 bits per heavy atom. The van der Waals surface area contributed by atoms with E-state index in [1.807, 2.05) is 6.92 Å². The van der Waals surface area contributed by atoms with Crippen LogP contribution in [0.25, 0.3) is 11.0 Å². The lowest BCUT2D eigenvalue weighted by Gasteiger charge is -2.08. The highest BCUT2D eigenvalue weighted by molar-refractivity contribution is 6.01. The number of hydrogen-bond acceptors (Lipinski definition) is 5. The quantitative estimate of drug-likeness (QED) is 0.628. The molecule has 0 saturated heterocycles. The van der Waals surface area contributed by atoms with Crippen molar-refractivity contribution < 1.29 is 14.7 Å². The van der Waals surface area contributed by atoms with E-state index in [9.17, 15) is 14.7 Å². The number of para-hydroxylation sites is 1. The van der Waals surface area contributed by atoms with E-state index in [1.165, 1.54) is 12.1 Å². The maximum absolute atomic E-state index is 12.1. The molecule has 3 rings (SSSR count). The Bertz CT molecular complexity index is 919. The number of phenols is 1. The molecule has 3 N–H and O–H groups in total. The second-order valence-corrected chi connectivity index (χ2v) is 5.03. The maximum Gasteiger partial charge on any atom is 0.273 e. The van der Waals surface area contributed by atoms with Crippen LogP contribution in [0.2, 0.25) is 0 Å².